The maximum atomic E-state index is 12.9. The van der Waals surface area contributed by atoms with E-state index in [0.717, 1.165) is 25.2 Å². The van der Waals surface area contributed by atoms with Crippen molar-refractivity contribution in [2.24, 2.45) is 0 Å². The van der Waals surface area contributed by atoms with E-state index in [1.54, 1.807) is 0 Å². The van der Waals surface area contributed by atoms with Crippen LogP contribution in [0, 0.1) is 17.1 Å². The largest absolute Gasteiger partial charge is 0.336 e. The molecule has 0 N–H and O–H groups in total. The minimum Gasteiger partial charge on any atom is -0.336 e. The summed E-state index contributed by atoms with van der Waals surface area (Å²) in [4.78, 5) is 16.5. The van der Waals surface area contributed by atoms with Gasteiger partial charge in [-0.15, -0.1) is 0 Å². The topological polar surface area (TPSA) is 47.3 Å². The molecule has 0 bridgehead atoms. The summed E-state index contributed by atoms with van der Waals surface area (Å²) in [6, 6.07) is 15.4. The first-order chi connectivity index (χ1) is 11.7. The Morgan fingerprint density at radius 3 is 2.21 bits per heavy atom. The fourth-order valence-electron chi connectivity index (χ4n) is 2.83. The zero-order valence-corrected chi connectivity index (χ0v) is 13.3. The van der Waals surface area contributed by atoms with Gasteiger partial charge in [0.1, 0.15) is 5.82 Å². The number of piperazine rings is 1. The number of benzene rings is 2. The molecule has 0 saturated carbocycles. The fourth-order valence-corrected chi connectivity index (χ4v) is 2.83. The summed E-state index contributed by atoms with van der Waals surface area (Å²) in [6.45, 7) is 3.73. The van der Waals surface area contributed by atoms with Crippen LogP contribution in [-0.4, -0.2) is 41.9 Å². The molecule has 1 aliphatic heterocycles. The number of carbonyl (C=O) groups is 1. The summed E-state index contributed by atoms with van der Waals surface area (Å²) < 4.78 is 12.9. The maximum Gasteiger partial charge on any atom is 0.253 e. The van der Waals surface area contributed by atoms with Gasteiger partial charge < -0.3 is 4.90 Å². The summed E-state index contributed by atoms with van der Waals surface area (Å²) in [5.41, 5.74) is 2.35. The Bertz CT molecular complexity index is 742. The van der Waals surface area contributed by atoms with Crippen molar-refractivity contribution >= 4 is 5.91 Å². The maximum absolute atomic E-state index is 12.9. The van der Waals surface area contributed by atoms with Crippen molar-refractivity contribution in [2.75, 3.05) is 26.2 Å². The lowest BCUT2D eigenvalue weighted by Crippen LogP contribution is -2.48. The van der Waals surface area contributed by atoms with E-state index in [-0.39, 0.29) is 11.7 Å². The smallest absolute Gasteiger partial charge is 0.253 e. The molecular formula is C19H18FN3O. The van der Waals surface area contributed by atoms with E-state index in [2.05, 4.69) is 11.0 Å². The molecule has 2 aromatic carbocycles. The normalized spacial score (nSPS) is 15.1. The van der Waals surface area contributed by atoms with Gasteiger partial charge in [0.25, 0.3) is 5.91 Å². The summed E-state index contributed by atoms with van der Waals surface area (Å²) >= 11 is 0. The first-order valence-electron chi connectivity index (χ1n) is 7.92. The Kier molecular flexibility index (Phi) is 4.88. The van der Waals surface area contributed by atoms with Crippen molar-refractivity contribution in [3.8, 4) is 6.07 Å². The molecule has 2 aromatic rings. The monoisotopic (exact) mass is 323 g/mol. The van der Waals surface area contributed by atoms with Gasteiger partial charge >= 0.3 is 0 Å². The molecule has 1 saturated heterocycles. The van der Waals surface area contributed by atoms with Crippen LogP contribution in [0.1, 0.15) is 21.5 Å². The van der Waals surface area contributed by atoms with Crippen LogP contribution in [0.2, 0.25) is 0 Å². The molecule has 1 amide bonds. The van der Waals surface area contributed by atoms with Crippen LogP contribution in [0.25, 0.3) is 0 Å². The van der Waals surface area contributed by atoms with Crippen LogP contribution in [0.4, 0.5) is 4.39 Å². The second-order valence-electron chi connectivity index (χ2n) is 5.88. The molecular weight excluding hydrogens is 305 g/mol. The van der Waals surface area contributed by atoms with E-state index in [1.165, 1.54) is 24.3 Å². The van der Waals surface area contributed by atoms with Gasteiger partial charge in [-0.3, -0.25) is 9.69 Å². The summed E-state index contributed by atoms with van der Waals surface area (Å²) in [5.74, 6) is -0.383. The first-order valence-corrected chi connectivity index (χ1v) is 7.92. The molecule has 0 unspecified atom stereocenters. The third-order valence-electron chi connectivity index (χ3n) is 4.24. The van der Waals surface area contributed by atoms with Gasteiger partial charge in [0.05, 0.1) is 11.6 Å². The van der Waals surface area contributed by atoms with Crippen molar-refractivity contribution in [1.82, 2.24) is 9.80 Å². The minimum atomic E-state index is -0.334. The average molecular weight is 323 g/mol. The molecule has 0 spiro atoms. The number of nitrogens with zero attached hydrogens (tertiary/aromatic N) is 3. The Hall–Kier alpha value is -2.71. The third kappa shape index (κ3) is 3.79. The molecule has 122 valence electrons. The van der Waals surface area contributed by atoms with Crippen LogP contribution in [-0.2, 0) is 6.54 Å². The molecule has 3 rings (SSSR count). The lowest BCUT2D eigenvalue weighted by atomic mass is 10.1. The van der Waals surface area contributed by atoms with Gasteiger partial charge in [-0.25, -0.2) is 4.39 Å². The van der Waals surface area contributed by atoms with Gasteiger partial charge in [-0.1, -0.05) is 12.1 Å². The van der Waals surface area contributed by atoms with Crippen LogP contribution < -0.4 is 0 Å². The van der Waals surface area contributed by atoms with Crippen molar-refractivity contribution in [3.63, 3.8) is 0 Å². The van der Waals surface area contributed by atoms with Crippen LogP contribution in [0.5, 0.6) is 0 Å². The van der Waals surface area contributed by atoms with Gasteiger partial charge in [-0.2, -0.15) is 5.26 Å². The highest BCUT2D eigenvalue weighted by Gasteiger charge is 2.22. The number of carbonyl (C=O) groups excluding carboxylic acids is 1. The van der Waals surface area contributed by atoms with Crippen LogP contribution in [0.15, 0.2) is 48.5 Å². The third-order valence-corrected chi connectivity index (χ3v) is 4.24. The Morgan fingerprint density at radius 1 is 1.00 bits per heavy atom. The average Bonchev–Trinajstić information content (AvgIpc) is 2.63. The molecule has 1 aliphatic rings. The van der Waals surface area contributed by atoms with Crippen molar-refractivity contribution in [2.45, 2.75) is 6.54 Å². The second-order valence-corrected chi connectivity index (χ2v) is 5.88. The highest BCUT2D eigenvalue weighted by molar-refractivity contribution is 5.94. The summed E-state index contributed by atoms with van der Waals surface area (Å²) in [5, 5.41) is 8.82. The first kappa shape index (κ1) is 16.2. The standard InChI is InChI=1S/C19H18FN3O/c20-18-7-5-17(6-8-18)19(24)23-11-9-22(10-12-23)14-16-3-1-15(13-21)2-4-16/h1-8H,9-12,14H2. The van der Waals surface area contributed by atoms with E-state index in [0.29, 0.717) is 24.2 Å². The lowest BCUT2D eigenvalue weighted by molar-refractivity contribution is 0.0628. The van der Waals surface area contributed by atoms with Gasteiger partial charge in [0.2, 0.25) is 0 Å². The van der Waals surface area contributed by atoms with Crippen LogP contribution >= 0.6 is 0 Å². The Morgan fingerprint density at radius 2 is 1.62 bits per heavy atom. The van der Waals surface area contributed by atoms with Crippen molar-refractivity contribution < 1.29 is 9.18 Å². The number of hydrogen-bond acceptors (Lipinski definition) is 3. The molecule has 24 heavy (non-hydrogen) atoms. The van der Waals surface area contributed by atoms with Gasteiger partial charge in [-0.05, 0) is 42.0 Å². The molecule has 0 aromatic heterocycles. The van der Waals surface area contributed by atoms with E-state index in [1.807, 2.05) is 29.2 Å². The number of halogens is 1. The van der Waals surface area contributed by atoms with Gasteiger partial charge in [0, 0.05) is 38.3 Å². The van der Waals surface area contributed by atoms with Crippen molar-refractivity contribution in [1.29, 1.82) is 5.26 Å². The predicted molar refractivity (Wildman–Crippen MR) is 88.7 cm³/mol. The number of rotatable bonds is 3. The van der Waals surface area contributed by atoms with Gasteiger partial charge in [0.15, 0.2) is 0 Å². The molecule has 5 heteroatoms. The molecule has 0 aliphatic carbocycles. The van der Waals surface area contributed by atoms with E-state index in [4.69, 9.17) is 5.26 Å². The highest BCUT2D eigenvalue weighted by atomic mass is 19.1. The van der Waals surface area contributed by atoms with Crippen molar-refractivity contribution in [3.05, 3.63) is 71.0 Å². The molecule has 4 nitrogen and oxygen atoms in total. The number of nitriles is 1. The zero-order chi connectivity index (χ0) is 16.9. The Balaban J connectivity index is 1.54. The number of hydrogen-bond donors (Lipinski definition) is 0. The molecule has 0 radical (unpaired) electrons. The highest BCUT2D eigenvalue weighted by Crippen LogP contribution is 2.13. The molecule has 1 fully saturated rings. The Labute approximate surface area is 140 Å². The summed E-state index contributed by atoms with van der Waals surface area (Å²) in [7, 11) is 0. The van der Waals surface area contributed by atoms with E-state index < -0.39 is 0 Å². The SMILES string of the molecule is N#Cc1ccc(CN2CCN(C(=O)c3ccc(F)cc3)CC2)cc1. The second kappa shape index (κ2) is 7.24. The number of amides is 1. The predicted octanol–water partition coefficient (Wildman–Crippen LogP) is 2.66. The zero-order valence-electron chi connectivity index (χ0n) is 13.3. The lowest BCUT2D eigenvalue weighted by Gasteiger charge is -2.34. The quantitative estimate of drug-likeness (QED) is 0.872. The minimum absolute atomic E-state index is 0.0481. The summed E-state index contributed by atoms with van der Waals surface area (Å²) in [6.07, 6.45) is 0. The molecule has 1 heterocycles. The van der Waals surface area contributed by atoms with Crippen LogP contribution in [0.3, 0.4) is 0 Å². The van der Waals surface area contributed by atoms with E-state index in [9.17, 15) is 9.18 Å². The fraction of sp³-hybridized carbons (Fsp3) is 0.263. The molecule has 0 atom stereocenters. The van der Waals surface area contributed by atoms with E-state index >= 15 is 0 Å².